The quantitative estimate of drug-likeness (QED) is 0.626. The molecule has 3 rings (SSSR count). The third kappa shape index (κ3) is 3.85. The van der Waals surface area contributed by atoms with Crippen LogP contribution in [0.1, 0.15) is 23.0 Å². The molecule has 0 aliphatic heterocycles. The molecule has 1 aromatic carbocycles. The number of aromatic nitrogens is 2. The molecule has 130 valence electrons. The first-order valence-electron chi connectivity index (χ1n) is 7.72. The number of hydrogen-bond donors (Lipinski definition) is 0. The van der Waals surface area contributed by atoms with Crippen LogP contribution >= 0.6 is 11.6 Å². The number of methoxy groups -OCH3 is 1. The zero-order valence-electron chi connectivity index (χ0n) is 13.9. The van der Waals surface area contributed by atoms with Gasteiger partial charge < -0.3 is 18.6 Å². The lowest BCUT2D eigenvalue weighted by atomic mass is 10.2. The summed E-state index contributed by atoms with van der Waals surface area (Å²) >= 11 is 5.94. The van der Waals surface area contributed by atoms with Gasteiger partial charge in [-0.1, -0.05) is 11.6 Å². The number of benzene rings is 1. The molecule has 0 saturated heterocycles. The lowest BCUT2D eigenvalue weighted by Crippen LogP contribution is -2.06. The average Bonchev–Trinajstić information content (AvgIpc) is 3.02. The molecule has 0 spiro atoms. The second-order valence-electron chi connectivity index (χ2n) is 5.22. The van der Waals surface area contributed by atoms with Crippen LogP contribution in [0, 0.1) is 0 Å². The van der Waals surface area contributed by atoms with Gasteiger partial charge in [-0.3, -0.25) is 0 Å². The molecular formula is C18H17ClN2O4. The van der Waals surface area contributed by atoms with Crippen molar-refractivity contribution in [2.45, 2.75) is 13.5 Å². The van der Waals surface area contributed by atoms with E-state index in [1.807, 2.05) is 6.92 Å². The van der Waals surface area contributed by atoms with Crippen molar-refractivity contribution >= 4 is 23.2 Å². The highest BCUT2D eigenvalue weighted by Gasteiger charge is 2.13. The summed E-state index contributed by atoms with van der Waals surface area (Å²) in [6.45, 7) is 2.40. The van der Waals surface area contributed by atoms with Crippen LogP contribution in [0.15, 0.2) is 42.7 Å². The first-order chi connectivity index (χ1) is 12.1. The lowest BCUT2D eigenvalue weighted by molar-refractivity contribution is 0.0467. The Kier molecular flexibility index (Phi) is 5.09. The van der Waals surface area contributed by atoms with Crippen molar-refractivity contribution in [2.75, 3.05) is 13.7 Å². The van der Waals surface area contributed by atoms with E-state index in [4.69, 9.17) is 25.8 Å². The summed E-state index contributed by atoms with van der Waals surface area (Å²) in [5.74, 6) is 0.608. The smallest absolute Gasteiger partial charge is 0.338 e. The Morgan fingerprint density at radius 3 is 2.80 bits per heavy atom. The van der Waals surface area contributed by atoms with E-state index < -0.39 is 5.97 Å². The summed E-state index contributed by atoms with van der Waals surface area (Å²) in [7, 11) is 1.55. The number of hydrogen-bond acceptors (Lipinski definition) is 5. The molecule has 0 N–H and O–H groups in total. The Morgan fingerprint density at radius 1 is 1.20 bits per heavy atom. The van der Waals surface area contributed by atoms with Crippen LogP contribution in [-0.4, -0.2) is 29.1 Å². The van der Waals surface area contributed by atoms with Crippen LogP contribution in [0.3, 0.4) is 0 Å². The number of carbonyl (C=O) groups is 1. The molecule has 0 unspecified atom stereocenters. The van der Waals surface area contributed by atoms with Crippen molar-refractivity contribution in [3.05, 3.63) is 59.0 Å². The number of carbonyl (C=O) groups excluding carboxylic acids is 1. The van der Waals surface area contributed by atoms with Gasteiger partial charge >= 0.3 is 5.97 Å². The van der Waals surface area contributed by atoms with Gasteiger partial charge in [-0.05, 0) is 37.3 Å². The zero-order valence-corrected chi connectivity index (χ0v) is 14.6. The third-order valence-electron chi connectivity index (χ3n) is 3.52. The SMILES string of the molecule is CCOc1cc(C(=O)OCc2cn3cc(Cl)ccc3n2)ccc1OC. The van der Waals surface area contributed by atoms with Crippen LogP contribution < -0.4 is 9.47 Å². The second-order valence-corrected chi connectivity index (χ2v) is 5.66. The van der Waals surface area contributed by atoms with E-state index in [1.165, 1.54) is 0 Å². The number of esters is 1. The number of nitrogens with zero attached hydrogens (tertiary/aromatic N) is 2. The Morgan fingerprint density at radius 2 is 2.04 bits per heavy atom. The summed E-state index contributed by atoms with van der Waals surface area (Å²) in [4.78, 5) is 16.6. The molecule has 0 amide bonds. The number of pyridine rings is 1. The molecule has 0 fully saturated rings. The van der Waals surface area contributed by atoms with Crippen molar-refractivity contribution in [3.8, 4) is 11.5 Å². The van der Waals surface area contributed by atoms with Gasteiger partial charge in [0.05, 0.1) is 30.0 Å². The normalized spacial score (nSPS) is 10.7. The molecule has 2 aromatic heterocycles. The predicted octanol–water partition coefficient (Wildman–Crippen LogP) is 3.75. The largest absolute Gasteiger partial charge is 0.493 e. The molecule has 0 aliphatic carbocycles. The fourth-order valence-corrected chi connectivity index (χ4v) is 2.55. The van der Waals surface area contributed by atoms with Gasteiger partial charge in [0.1, 0.15) is 12.3 Å². The van der Waals surface area contributed by atoms with E-state index in [-0.39, 0.29) is 6.61 Å². The van der Waals surface area contributed by atoms with Gasteiger partial charge in [-0.2, -0.15) is 0 Å². The molecule has 7 heteroatoms. The van der Waals surface area contributed by atoms with Crippen LogP contribution in [0.5, 0.6) is 11.5 Å². The van der Waals surface area contributed by atoms with Crippen LogP contribution in [0.25, 0.3) is 5.65 Å². The topological polar surface area (TPSA) is 62.1 Å². The molecule has 25 heavy (non-hydrogen) atoms. The van der Waals surface area contributed by atoms with Crippen molar-refractivity contribution in [3.63, 3.8) is 0 Å². The highest BCUT2D eigenvalue weighted by atomic mass is 35.5. The van der Waals surface area contributed by atoms with E-state index in [9.17, 15) is 4.79 Å². The Labute approximate surface area is 149 Å². The minimum atomic E-state index is -0.460. The third-order valence-corrected chi connectivity index (χ3v) is 3.74. The molecular weight excluding hydrogens is 344 g/mol. The van der Waals surface area contributed by atoms with Crippen LogP contribution in [-0.2, 0) is 11.3 Å². The number of imidazole rings is 1. The second kappa shape index (κ2) is 7.44. The van der Waals surface area contributed by atoms with Gasteiger partial charge in [0.2, 0.25) is 0 Å². The molecule has 0 atom stereocenters. The number of fused-ring (bicyclic) bond motifs is 1. The molecule has 6 nitrogen and oxygen atoms in total. The standard InChI is InChI=1S/C18H17ClN2O4/c1-3-24-16-8-12(4-6-15(16)23-2)18(22)25-11-14-10-21-9-13(19)5-7-17(21)20-14/h4-10H,3,11H2,1-2H3. The summed E-state index contributed by atoms with van der Waals surface area (Å²) in [5.41, 5.74) is 1.75. The first kappa shape index (κ1) is 17.1. The van der Waals surface area contributed by atoms with Gasteiger partial charge in [-0.25, -0.2) is 9.78 Å². The Hall–Kier alpha value is -2.73. The number of ether oxygens (including phenoxy) is 3. The molecule has 0 saturated carbocycles. The van der Waals surface area contributed by atoms with E-state index >= 15 is 0 Å². The fraction of sp³-hybridized carbons (Fsp3) is 0.222. The van der Waals surface area contributed by atoms with Crippen molar-refractivity contribution in [2.24, 2.45) is 0 Å². The Bertz CT molecular complexity index is 907. The average molecular weight is 361 g/mol. The fourth-order valence-electron chi connectivity index (χ4n) is 2.38. The van der Waals surface area contributed by atoms with Crippen LogP contribution in [0.2, 0.25) is 5.02 Å². The predicted molar refractivity (Wildman–Crippen MR) is 93.5 cm³/mol. The van der Waals surface area contributed by atoms with E-state index in [1.54, 1.807) is 54.2 Å². The lowest BCUT2D eigenvalue weighted by Gasteiger charge is -2.10. The number of halogens is 1. The summed E-state index contributed by atoms with van der Waals surface area (Å²) in [5, 5.41) is 0.607. The van der Waals surface area contributed by atoms with Crippen molar-refractivity contribution in [1.82, 2.24) is 9.38 Å². The van der Waals surface area contributed by atoms with Gasteiger partial charge in [0.15, 0.2) is 11.5 Å². The van der Waals surface area contributed by atoms with E-state index in [2.05, 4.69) is 4.98 Å². The van der Waals surface area contributed by atoms with Gasteiger partial charge in [0.25, 0.3) is 0 Å². The minimum Gasteiger partial charge on any atom is -0.493 e. The summed E-state index contributed by atoms with van der Waals surface area (Å²) < 4.78 is 17.8. The highest BCUT2D eigenvalue weighted by molar-refractivity contribution is 6.30. The van der Waals surface area contributed by atoms with Crippen molar-refractivity contribution < 1.29 is 19.0 Å². The van der Waals surface area contributed by atoms with E-state index in [0.29, 0.717) is 34.4 Å². The molecule has 3 aromatic rings. The first-order valence-corrected chi connectivity index (χ1v) is 8.09. The summed E-state index contributed by atoms with van der Waals surface area (Å²) in [6.07, 6.45) is 3.52. The highest BCUT2D eigenvalue weighted by Crippen LogP contribution is 2.28. The zero-order chi connectivity index (χ0) is 17.8. The molecule has 0 bridgehead atoms. The molecule has 2 heterocycles. The van der Waals surface area contributed by atoms with E-state index in [0.717, 1.165) is 5.65 Å². The van der Waals surface area contributed by atoms with Gasteiger partial charge in [-0.15, -0.1) is 0 Å². The van der Waals surface area contributed by atoms with Crippen LogP contribution in [0.4, 0.5) is 0 Å². The van der Waals surface area contributed by atoms with Crippen molar-refractivity contribution in [1.29, 1.82) is 0 Å². The Balaban J connectivity index is 1.72. The monoisotopic (exact) mass is 360 g/mol. The summed E-state index contributed by atoms with van der Waals surface area (Å²) in [6, 6.07) is 8.47. The maximum Gasteiger partial charge on any atom is 0.338 e. The minimum absolute atomic E-state index is 0.0636. The number of rotatable bonds is 6. The molecule has 0 aliphatic rings. The maximum atomic E-state index is 12.3. The molecule has 0 radical (unpaired) electrons. The maximum absolute atomic E-state index is 12.3. The van der Waals surface area contributed by atoms with Gasteiger partial charge in [0, 0.05) is 12.4 Å².